The number of benzene rings is 1. The first-order valence-electron chi connectivity index (χ1n) is 6.61. The number of ether oxygens (including phenoxy) is 1. The fraction of sp³-hybridized carbons (Fsp3) is 0.571. The van der Waals surface area contributed by atoms with E-state index in [1.807, 2.05) is 11.8 Å². The van der Waals surface area contributed by atoms with E-state index in [0.717, 1.165) is 11.5 Å². The van der Waals surface area contributed by atoms with Crippen LogP contribution in [-0.4, -0.2) is 41.9 Å². The van der Waals surface area contributed by atoms with Gasteiger partial charge in [-0.3, -0.25) is 0 Å². The molecule has 0 aromatic heterocycles. The van der Waals surface area contributed by atoms with Crippen LogP contribution < -0.4 is 10.1 Å². The van der Waals surface area contributed by atoms with E-state index in [1.165, 1.54) is 18.6 Å². The van der Waals surface area contributed by atoms with Crippen LogP contribution in [-0.2, 0) is 0 Å². The van der Waals surface area contributed by atoms with E-state index in [1.54, 1.807) is 24.3 Å². The molecule has 3 nitrogen and oxygen atoms in total. The molecule has 2 atom stereocenters. The number of halogens is 1. The third kappa shape index (κ3) is 5.61. The zero-order valence-corrected chi connectivity index (χ0v) is 12.4. The highest BCUT2D eigenvalue weighted by molar-refractivity contribution is 7.99. The van der Waals surface area contributed by atoms with Crippen molar-refractivity contribution in [3.63, 3.8) is 0 Å². The molecule has 1 aliphatic rings. The maximum atomic E-state index is 9.88. The molecule has 1 aromatic rings. The van der Waals surface area contributed by atoms with Crippen LogP contribution in [0.2, 0.25) is 5.02 Å². The number of aliphatic hydroxyl groups excluding tert-OH is 1. The third-order valence-electron chi connectivity index (χ3n) is 3.06. The van der Waals surface area contributed by atoms with Gasteiger partial charge in [-0.1, -0.05) is 11.6 Å². The van der Waals surface area contributed by atoms with E-state index < -0.39 is 6.10 Å². The van der Waals surface area contributed by atoms with Gasteiger partial charge in [0, 0.05) is 23.4 Å². The van der Waals surface area contributed by atoms with Gasteiger partial charge in [-0.2, -0.15) is 11.8 Å². The average Bonchev–Trinajstić information content (AvgIpc) is 2.45. The van der Waals surface area contributed by atoms with Crippen LogP contribution in [0.4, 0.5) is 0 Å². The summed E-state index contributed by atoms with van der Waals surface area (Å²) < 4.78 is 5.51. The Morgan fingerprint density at radius 1 is 1.42 bits per heavy atom. The largest absolute Gasteiger partial charge is 0.491 e. The minimum atomic E-state index is -0.484. The molecule has 1 fully saturated rings. The SMILES string of the molecule is OC(CNC1CCCSC1)COc1ccc(Cl)cc1. The van der Waals surface area contributed by atoms with Crippen LogP contribution in [0.5, 0.6) is 5.75 Å². The lowest BCUT2D eigenvalue weighted by Gasteiger charge is -2.24. The molecule has 0 aliphatic carbocycles. The van der Waals surface area contributed by atoms with Crippen LogP contribution in [0.3, 0.4) is 0 Å². The molecule has 19 heavy (non-hydrogen) atoms. The maximum absolute atomic E-state index is 9.88. The number of rotatable bonds is 6. The van der Waals surface area contributed by atoms with Gasteiger partial charge in [0.15, 0.2) is 0 Å². The van der Waals surface area contributed by atoms with Crippen molar-refractivity contribution in [2.45, 2.75) is 25.0 Å². The molecule has 0 bridgehead atoms. The zero-order valence-electron chi connectivity index (χ0n) is 10.8. The van der Waals surface area contributed by atoms with E-state index >= 15 is 0 Å². The van der Waals surface area contributed by atoms with E-state index in [4.69, 9.17) is 16.3 Å². The molecule has 5 heteroatoms. The van der Waals surface area contributed by atoms with Crippen molar-refractivity contribution in [3.8, 4) is 5.75 Å². The lowest BCUT2D eigenvalue weighted by Crippen LogP contribution is -2.40. The van der Waals surface area contributed by atoms with Gasteiger partial charge in [0.25, 0.3) is 0 Å². The van der Waals surface area contributed by atoms with Crippen molar-refractivity contribution in [1.82, 2.24) is 5.32 Å². The van der Waals surface area contributed by atoms with Gasteiger partial charge in [0.05, 0.1) is 0 Å². The van der Waals surface area contributed by atoms with Crippen molar-refractivity contribution in [1.29, 1.82) is 0 Å². The summed E-state index contributed by atoms with van der Waals surface area (Å²) in [5, 5.41) is 14.0. The molecule has 1 aromatic carbocycles. The lowest BCUT2D eigenvalue weighted by atomic mass is 10.2. The second-order valence-electron chi connectivity index (χ2n) is 4.74. The molecule has 0 spiro atoms. The number of hydrogen-bond donors (Lipinski definition) is 2. The normalized spacial score (nSPS) is 21.1. The second kappa shape index (κ2) is 8.00. The summed E-state index contributed by atoms with van der Waals surface area (Å²) in [6.07, 6.45) is 1.99. The van der Waals surface area contributed by atoms with Gasteiger partial charge in [0.2, 0.25) is 0 Å². The summed E-state index contributed by atoms with van der Waals surface area (Å²) >= 11 is 7.77. The molecule has 1 saturated heterocycles. The van der Waals surface area contributed by atoms with Crippen molar-refractivity contribution in [3.05, 3.63) is 29.3 Å². The van der Waals surface area contributed by atoms with Gasteiger partial charge in [-0.05, 0) is 42.9 Å². The molecule has 106 valence electrons. The van der Waals surface area contributed by atoms with Gasteiger partial charge in [-0.15, -0.1) is 0 Å². The Morgan fingerprint density at radius 2 is 2.21 bits per heavy atom. The predicted molar refractivity (Wildman–Crippen MR) is 81.3 cm³/mol. The number of nitrogens with one attached hydrogen (secondary N) is 1. The van der Waals surface area contributed by atoms with Gasteiger partial charge in [-0.25, -0.2) is 0 Å². The summed E-state index contributed by atoms with van der Waals surface area (Å²) in [6.45, 7) is 0.882. The Balaban J connectivity index is 1.63. The molecule has 1 aliphatic heterocycles. The van der Waals surface area contributed by atoms with Gasteiger partial charge < -0.3 is 15.2 Å². The molecule has 0 amide bonds. The summed E-state index contributed by atoms with van der Waals surface area (Å²) in [5.74, 6) is 3.14. The molecule has 2 rings (SSSR count). The molecular weight excluding hydrogens is 282 g/mol. The Morgan fingerprint density at radius 3 is 2.89 bits per heavy atom. The Kier molecular flexibility index (Phi) is 6.31. The smallest absolute Gasteiger partial charge is 0.119 e. The van der Waals surface area contributed by atoms with Crippen molar-refractivity contribution >= 4 is 23.4 Å². The van der Waals surface area contributed by atoms with Crippen LogP contribution in [0.25, 0.3) is 0 Å². The van der Waals surface area contributed by atoms with E-state index in [2.05, 4.69) is 5.32 Å². The fourth-order valence-electron chi connectivity index (χ4n) is 1.99. The van der Waals surface area contributed by atoms with Crippen LogP contribution in [0.1, 0.15) is 12.8 Å². The van der Waals surface area contributed by atoms with Crippen molar-refractivity contribution < 1.29 is 9.84 Å². The highest BCUT2D eigenvalue weighted by Crippen LogP contribution is 2.17. The van der Waals surface area contributed by atoms with Crippen LogP contribution >= 0.6 is 23.4 Å². The van der Waals surface area contributed by atoms with E-state index in [9.17, 15) is 5.11 Å². The summed E-state index contributed by atoms with van der Waals surface area (Å²) in [7, 11) is 0. The quantitative estimate of drug-likeness (QED) is 0.847. The minimum Gasteiger partial charge on any atom is -0.491 e. The minimum absolute atomic E-state index is 0.300. The first-order chi connectivity index (χ1) is 9.24. The number of thioether (sulfide) groups is 1. The molecule has 1 heterocycles. The van der Waals surface area contributed by atoms with E-state index in [0.29, 0.717) is 24.2 Å². The molecular formula is C14H20ClNO2S. The molecule has 0 radical (unpaired) electrons. The third-order valence-corrected chi connectivity index (χ3v) is 4.53. The van der Waals surface area contributed by atoms with Crippen molar-refractivity contribution in [2.75, 3.05) is 24.7 Å². The van der Waals surface area contributed by atoms with E-state index in [-0.39, 0.29) is 0 Å². The van der Waals surface area contributed by atoms with Gasteiger partial charge in [0.1, 0.15) is 18.5 Å². The highest BCUT2D eigenvalue weighted by atomic mass is 35.5. The Bertz CT molecular complexity index is 368. The lowest BCUT2D eigenvalue weighted by molar-refractivity contribution is 0.104. The monoisotopic (exact) mass is 301 g/mol. The average molecular weight is 302 g/mol. The summed E-state index contributed by atoms with van der Waals surface area (Å²) in [5.41, 5.74) is 0. The Labute approximate surface area is 123 Å². The highest BCUT2D eigenvalue weighted by Gasteiger charge is 2.14. The standard InChI is InChI=1S/C14H20ClNO2S/c15-11-3-5-14(6-4-11)18-9-13(17)8-16-12-2-1-7-19-10-12/h3-6,12-13,16-17H,1-2,7-10H2. The molecule has 0 saturated carbocycles. The van der Waals surface area contributed by atoms with Crippen LogP contribution in [0.15, 0.2) is 24.3 Å². The maximum Gasteiger partial charge on any atom is 0.119 e. The summed E-state index contributed by atoms with van der Waals surface area (Å²) in [6, 6.07) is 7.70. The van der Waals surface area contributed by atoms with Crippen LogP contribution in [0, 0.1) is 0 Å². The first kappa shape index (κ1) is 15.0. The van der Waals surface area contributed by atoms with Crippen molar-refractivity contribution in [2.24, 2.45) is 0 Å². The molecule has 2 unspecified atom stereocenters. The van der Waals surface area contributed by atoms with Gasteiger partial charge >= 0.3 is 0 Å². The summed E-state index contributed by atoms with van der Waals surface area (Å²) in [4.78, 5) is 0. The fourth-order valence-corrected chi connectivity index (χ4v) is 3.22. The first-order valence-corrected chi connectivity index (χ1v) is 8.15. The Hall–Kier alpha value is -0.420. The predicted octanol–water partition coefficient (Wildman–Crippen LogP) is 2.56. The number of hydrogen-bond acceptors (Lipinski definition) is 4. The molecule has 2 N–H and O–H groups in total. The zero-order chi connectivity index (χ0) is 13.5. The topological polar surface area (TPSA) is 41.5 Å². The second-order valence-corrected chi connectivity index (χ2v) is 6.33. The number of aliphatic hydroxyl groups is 1.